The lowest BCUT2D eigenvalue weighted by Crippen LogP contribution is -2.36. The minimum absolute atomic E-state index is 0.0318. The molecule has 34 heavy (non-hydrogen) atoms. The highest BCUT2D eigenvalue weighted by molar-refractivity contribution is 7.99. The van der Waals surface area contributed by atoms with E-state index in [4.69, 9.17) is 20.2 Å². The topological polar surface area (TPSA) is 132 Å². The third kappa shape index (κ3) is 6.83. The molecule has 2 aromatic rings. The van der Waals surface area contributed by atoms with Gasteiger partial charge in [0, 0.05) is 29.9 Å². The summed E-state index contributed by atoms with van der Waals surface area (Å²) in [5, 5.41) is 9.27. The van der Waals surface area contributed by atoms with Crippen molar-refractivity contribution in [2.45, 2.75) is 39.0 Å². The van der Waals surface area contributed by atoms with Crippen LogP contribution in [-0.2, 0) is 23.9 Å². The molecule has 0 radical (unpaired) electrons. The van der Waals surface area contributed by atoms with Crippen LogP contribution in [0.4, 0.5) is 5.69 Å². The van der Waals surface area contributed by atoms with Crippen LogP contribution in [0.5, 0.6) is 0 Å². The zero-order valence-electron chi connectivity index (χ0n) is 20.0. The summed E-state index contributed by atoms with van der Waals surface area (Å²) in [6.45, 7) is 9.37. The number of carbonyl (C=O) groups excluding carboxylic acids is 2. The van der Waals surface area contributed by atoms with E-state index in [0.717, 1.165) is 35.9 Å². The first-order valence-electron chi connectivity index (χ1n) is 11.4. The van der Waals surface area contributed by atoms with Gasteiger partial charge in [-0.3, -0.25) is 19.4 Å². The minimum atomic E-state index is -1.31. The van der Waals surface area contributed by atoms with E-state index in [2.05, 4.69) is 18.7 Å². The van der Waals surface area contributed by atoms with Crippen LogP contribution < -0.4 is 10.6 Å². The van der Waals surface area contributed by atoms with Crippen molar-refractivity contribution in [3.8, 4) is 0 Å². The lowest BCUT2D eigenvalue weighted by Gasteiger charge is -2.25. The monoisotopic (exact) mass is 491 g/mol. The highest BCUT2D eigenvalue weighted by Gasteiger charge is 2.40. The van der Waals surface area contributed by atoms with Crippen LogP contribution in [0.3, 0.4) is 0 Å². The molecule has 0 saturated carbocycles. The molecule has 0 spiro atoms. The summed E-state index contributed by atoms with van der Waals surface area (Å²) in [7, 11) is 0. The summed E-state index contributed by atoms with van der Waals surface area (Å²) in [5.41, 5.74) is 7.90. The van der Waals surface area contributed by atoms with E-state index in [1.807, 2.05) is 24.3 Å². The van der Waals surface area contributed by atoms with Crippen molar-refractivity contribution < 1.29 is 29.0 Å². The molecule has 186 valence electrons. The molecule has 1 heterocycles. The van der Waals surface area contributed by atoms with Crippen LogP contribution in [0.15, 0.2) is 30.3 Å². The number of aromatic nitrogens is 1. The van der Waals surface area contributed by atoms with Gasteiger partial charge in [0.05, 0.1) is 29.7 Å². The zero-order valence-corrected chi connectivity index (χ0v) is 20.8. The molecule has 3 N–H and O–H groups in total. The number of pyridine rings is 1. The van der Waals surface area contributed by atoms with Crippen LogP contribution in [0, 0.1) is 5.92 Å². The second-order valence-corrected chi connectivity index (χ2v) is 8.64. The summed E-state index contributed by atoms with van der Waals surface area (Å²) >= 11 is 1.07. The van der Waals surface area contributed by atoms with Crippen molar-refractivity contribution in [2.24, 2.45) is 11.7 Å². The standard InChI is InChI=1S/C24H33N3O6S/c1-5-27(6-2)16-10-12-18-15(13-16)9-11-19(26-18)21(34-14-17(25)22(28)29)20(23(30)32-7-3)24(31)33-8-4/h9-13,17,20-21H,5-8,14,25H2,1-4H3,(H,28,29)/t17-,21?/m1/s1. The van der Waals surface area contributed by atoms with Gasteiger partial charge in [-0.05, 0) is 52.0 Å². The number of nitrogens with two attached hydrogens (primary N) is 1. The molecule has 0 amide bonds. The molecule has 9 nitrogen and oxygen atoms in total. The Morgan fingerprint density at radius 1 is 1.03 bits per heavy atom. The highest BCUT2D eigenvalue weighted by Crippen LogP contribution is 2.38. The Morgan fingerprint density at radius 2 is 1.65 bits per heavy atom. The quantitative estimate of drug-likeness (QED) is 0.318. The van der Waals surface area contributed by atoms with Crippen molar-refractivity contribution in [1.29, 1.82) is 0 Å². The van der Waals surface area contributed by atoms with Gasteiger partial charge in [-0.25, -0.2) is 0 Å². The van der Waals surface area contributed by atoms with Crippen molar-refractivity contribution in [3.63, 3.8) is 0 Å². The minimum Gasteiger partial charge on any atom is -0.480 e. The number of anilines is 1. The average Bonchev–Trinajstić information content (AvgIpc) is 2.82. The van der Waals surface area contributed by atoms with Crippen LogP contribution in [0.25, 0.3) is 10.9 Å². The van der Waals surface area contributed by atoms with Gasteiger partial charge in [0.2, 0.25) is 0 Å². The first kappa shape index (κ1) is 27.4. The maximum atomic E-state index is 12.8. The molecule has 0 saturated heterocycles. The fraction of sp³-hybridized carbons (Fsp3) is 0.500. The van der Waals surface area contributed by atoms with Gasteiger partial charge in [-0.1, -0.05) is 6.07 Å². The third-order valence-corrected chi connectivity index (χ3v) is 6.70. The molecule has 0 aliphatic heterocycles. The van der Waals surface area contributed by atoms with E-state index >= 15 is 0 Å². The second-order valence-electron chi connectivity index (χ2n) is 7.47. The van der Waals surface area contributed by atoms with E-state index < -0.39 is 35.1 Å². The number of hydrogen-bond donors (Lipinski definition) is 2. The van der Waals surface area contributed by atoms with Gasteiger partial charge in [-0.15, -0.1) is 11.8 Å². The number of rotatable bonds is 13. The van der Waals surface area contributed by atoms with Gasteiger partial charge in [0.25, 0.3) is 0 Å². The smallest absolute Gasteiger partial charge is 0.321 e. The summed E-state index contributed by atoms with van der Waals surface area (Å²) < 4.78 is 10.3. The van der Waals surface area contributed by atoms with E-state index in [-0.39, 0.29) is 19.0 Å². The average molecular weight is 492 g/mol. The van der Waals surface area contributed by atoms with Crippen molar-refractivity contribution in [1.82, 2.24) is 4.98 Å². The number of ether oxygens (including phenoxy) is 2. The number of carbonyl (C=O) groups is 3. The molecular weight excluding hydrogens is 458 g/mol. The van der Waals surface area contributed by atoms with Crippen LogP contribution >= 0.6 is 11.8 Å². The normalized spacial score (nSPS) is 12.9. The molecule has 1 aromatic carbocycles. The van der Waals surface area contributed by atoms with Crippen molar-refractivity contribution >= 4 is 46.3 Å². The lowest BCUT2D eigenvalue weighted by molar-refractivity contribution is -0.161. The molecule has 0 aliphatic rings. The number of benzene rings is 1. The molecule has 1 aromatic heterocycles. The Kier molecular flexibility index (Phi) is 10.6. The predicted octanol–water partition coefficient (Wildman–Crippen LogP) is 3.01. The van der Waals surface area contributed by atoms with Gasteiger partial charge < -0.3 is 25.2 Å². The van der Waals surface area contributed by atoms with Crippen molar-refractivity contribution in [2.75, 3.05) is 37.0 Å². The van der Waals surface area contributed by atoms with Crippen LogP contribution in [-0.4, -0.2) is 66.1 Å². The number of nitrogens with zero attached hydrogens (tertiary/aromatic N) is 2. The Hall–Kier alpha value is -2.85. The van der Waals surface area contributed by atoms with Gasteiger partial charge >= 0.3 is 17.9 Å². The predicted molar refractivity (Wildman–Crippen MR) is 133 cm³/mol. The number of esters is 2. The van der Waals surface area contributed by atoms with E-state index in [1.54, 1.807) is 19.9 Å². The largest absolute Gasteiger partial charge is 0.480 e. The number of thioether (sulfide) groups is 1. The SMILES string of the molecule is CCOC(=O)C(C(=O)OCC)C(SC[C@@H](N)C(=O)O)c1ccc2cc(N(CC)CC)ccc2n1. The van der Waals surface area contributed by atoms with Gasteiger partial charge in [0.15, 0.2) is 5.92 Å². The summed E-state index contributed by atoms with van der Waals surface area (Å²) in [6.07, 6.45) is 0. The number of carboxylic acids is 1. The molecule has 10 heteroatoms. The van der Waals surface area contributed by atoms with E-state index in [9.17, 15) is 19.5 Å². The van der Waals surface area contributed by atoms with Crippen molar-refractivity contribution in [3.05, 3.63) is 36.0 Å². The summed E-state index contributed by atoms with van der Waals surface area (Å²) in [6, 6.07) is 8.35. The fourth-order valence-corrected chi connectivity index (χ4v) is 4.79. The molecule has 1 unspecified atom stereocenters. The molecule has 2 atom stereocenters. The number of aliphatic carboxylic acids is 1. The molecule has 0 fully saturated rings. The third-order valence-electron chi connectivity index (χ3n) is 5.27. The lowest BCUT2D eigenvalue weighted by atomic mass is 10.0. The molecular formula is C24H33N3O6S. The zero-order chi connectivity index (χ0) is 25.3. The van der Waals surface area contributed by atoms with Crippen LogP contribution in [0.1, 0.15) is 38.6 Å². The van der Waals surface area contributed by atoms with E-state index in [1.165, 1.54) is 0 Å². The van der Waals surface area contributed by atoms with E-state index in [0.29, 0.717) is 11.2 Å². The summed E-state index contributed by atoms with van der Waals surface area (Å²) in [5.74, 6) is -4.02. The second kappa shape index (κ2) is 13.1. The molecule has 0 aliphatic carbocycles. The molecule has 2 rings (SSSR count). The highest BCUT2D eigenvalue weighted by atomic mass is 32.2. The number of carboxylic acid groups (broad SMARTS) is 1. The van der Waals surface area contributed by atoms with Crippen LogP contribution in [0.2, 0.25) is 0 Å². The first-order chi connectivity index (χ1) is 16.3. The number of hydrogen-bond acceptors (Lipinski definition) is 9. The Balaban J connectivity index is 2.52. The Labute approximate surface area is 204 Å². The maximum absolute atomic E-state index is 12.8. The molecule has 0 bridgehead atoms. The Morgan fingerprint density at radius 3 is 2.18 bits per heavy atom. The number of fused-ring (bicyclic) bond motifs is 1. The van der Waals surface area contributed by atoms with Gasteiger partial charge in [-0.2, -0.15) is 0 Å². The fourth-order valence-electron chi connectivity index (χ4n) is 3.51. The first-order valence-corrected chi connectivity index (χ1v) is 12.4. The van der Waals surface area contributed by atoms with Gasteiger partial charge in [0.1, 0.15) is 6.04 Å². The maximum Gasteiger partial charge on any atom is 0.321 e. The Bertz CT molecular complexity index is 980. The summed E-state index contributed by atoms with van der Waals surface area (Å²) in [4.78, 5) is 43.8.